The average Bonchev–Trinajstić information content (AvgIpc) is 3.38. The van der Waals surface area contributed by atoms with Gasteiger partial charge < -0.3 is 19.9 Å². The molecule has 0 saturated heterocycles. The molecule has 2 N–H and O–H groups in total. The van der Waals surface area contributed by atoms with Gasteiger partial charge in [-0.1, -0.05) is 11.6 Å². The van der Waals surface area contributed by atoms with Crippen molar-refractivity contribution >= 4 is 61.9 Å². The van der Waals surface area contributed by atoms with Gasteiger partial charge in [0.1, 0.15) is 16.8 Å². The SMILES string of the molecule is CNC(=O)c1ccc(N(C(=O)O)C(C)C(C)Oc2cc3sc(-c4cc(Cl)cc5nc(OC)cnc45)nc3cc2F)cn1. The molecule has 0 fully saturated rings. The van der Waals surface area contributed by atoms with Crippen molar-refractivity contribution in [2.45, 2.75) is 26.0 Å². The second-order valence-corrected chi connectivity index (χ2v) is 10.7. The van der Waals surface area contributed by atoms with Crippen LogP contribution < -0.4 is 19.7 Å². The third-order valence-corrected chi connectivity index (χ3v) is 7.83. The molecule has 5 rings (SSSR count). The number of halogens is 2. The number of carbonyl (C=O) groups is 2. The van der Waals surface area contributed by atoms with E-state index in [1.807, 2.05) is 0 Å². The lowest BCUT2D eigenvalue weighted by Crippen LogP contribution is -2.46. The van der Waals surface area contributed by atoms with Crippen molar-refractivity contribution in [3.05, 3.63) is 65.3 Å². The minimum Gasteiger partial charge on any atom is -0.485 e. The molecule has 3 aromatic heterocycles. The number of hydrogen-bond donors (Lipinski definition) is 2. The van der Waals surface area contributed by atoms with Crippen molar-refractivity contribution in [3.63, 3.8) is 0 Å². The Labute approximate surface area is 247 Å². The first kappa shape index (κ1) is 28.9. The van der Waals surface area contributed by atoms with Crippen molar-refractivity contribution < 1.29 is 28.6 Å². The molecule has 2 unspecified atom stereocenters. The summed E-state index contributed by atoms with van der Waals surface area (Å²) in [6, 6.07) is 8.32. The number of methoxy groups -OCH3 is 1. The van der Waals surface area contributed by atoms with Gasteiger partial charge >= 0.3 is 6.09 Å². The van der Waals surface area contributed by atoms with E-state index in [-0.39, 0.29) is 17.1 Å². The van der Waals surface area contributed by atoms with Crippen LogP contribution in [0.15, 0.2) is 48.8 Å². The van der Waals surface area contributed by atoms with Crippen LogP contribution in [0.5, 0.6) is 11.6 Å². The maximum Gasteiger partial charge on any atom is 0.412 e. The number of thiazole rings is 1. The van der Waals surface area contributed by atoms with Crippen molar-refractivity contribution in [3.8, 4) is 22.2 Å². The number of fused-ring (bicyclic) bond motifs is 2. The Morgan fingerprint density at radius 3 is 2.55 bits per heavy atom. The van der Waals surface area contributed by atoms with E-state index in [4.69, 9.17) is 21.1 Å². The average molecular weight is 611 g/mol. The van der Waals surface area contributed by atoms with Crippen molar-refractivity contribution in [2.75, 3.05) is 19.1 Å². The van der Waals surface area contributed by atoms with Gasteiger partial charge in [-0.3, -0.25) is 9.69 Å². The molecule has 5 aromatic rings. The van der Waals surface area contributed by atoms with Gasteiger partial charge in [0.15, 0.2) is 11.6 Å². The summed E-state index contributed by atoms with van der Waals surface area (Å²) in [7, 11) is 2.96. The van der Waals surface area contributed by atoms with Crippen LogP contribution >= 0.6 is 22.9 Å². The van der Waals surface area contributed by atoms with Gasteiger partial charge in [0.25, 0.3) is 5.91 Å². The number of amides is 2. The zero-order valence-corrected chi connectivity index (χ0v) is 24.3. The molecule has 0 bridgehead atoms. The second kappa shape index (κ2) is 11.7. The highest BCUT2D eigenvalue weighted by atomic mass is 35.5. The Hall–Kier alpha value is -4.62. The minimum absolute atomic E-state index is 0.0593. The van der Waals surface area contributed by atoms with E-state index in [9.17, 15) is 14.7 Å². The molecule has 216 valence electrons. The van der Waals surface area contributed by atoms with Crippen LogP contribution in [-0.4, -0.2) is 63.3 Å². The molecule has 0 saturated carbocycles. The zero-order valence-electron chi connectivity index (χ0n) is 22.8. The monoisotopic (exact) mass is 610 g/mol. The maximum absolute atomic E-state index is 15.2. The number of aromatic nitrogens is 4. The lowest BCUT2D eigenvalue weighted by Gasteiger charge is -2.31. The van der Waals surface area contributed by atoms with Crippen molar-refractivity contribution in [1.29, 1.82) is 0 Å². The van der Waals surface area contributed by atoms with Crippen molar-refractivity contribution in [2.24, 2.45) is 0 Å². The van der Waals surface area contributed by atoms with E-state index in [2.05, 4.69) is 25.3 Å². The molecular formula is C28H24ClFN6O5S. The molecule has 0 aliphatic rings. The van der Waals surface area contributed by atoms with E-state index in [1.54, 1.807) is 26.0 Å². The Morgan fingerprint density at radius 2 is 1.88 bits per heavy atom. The zero-order chi connectivity index (χ0) is 30.1. The second-order valence-electron chi connectivity index (χ2n) is 9.20. The number of rotatable bonds is 8. The van der Waals surface area contributed by atoms with Gasteiger partial charge in [0.05, 0.1) is 52.5 Å². The predicted octanol–water partition coefficient (Wildman–Crippen LogP) is 5.80. The predicted molar refractivity (Wildman–Crippen MR) is 157 cm³/mol. The number of nitrogens with zero attached hydrogens (tertiary/aromatic N) is 5. The van der Waals surface area contributed by atoms with Gasteiger partial charge in [0, 0.05) is 29.8 Å². The van der Waals surface area contributed by atoms with Crippen LogP contribution in [0.25, 0.3) is 31.8 Å². The third-order valence-electron chi connectivity index (χ3n) is 6.56. The smallest absolute Gasteiger partial charge is 0.412 e. The molecule has 0 radical (unpaired) electrons. The lowest BCUT2D eigenvalue weighted by atomic mass is 10.1. The number of hydrogen-bond acceptors (Lipinski definition) is 9. The summed E-state index contributed by atoms with van der Waals surface area (Å²) in [6.07, 6.45) is 0.743. The number of benzene rings is 2. The summed E-state index contributed by atoms with van der Waals surface area (Å²) in [5.41, 5.74) is 2.49. The summed E-state index contributed by atoms with van der Waals surface area (Å²) in [5.74, 6) is -0.777. The molecule has 0 aliphatic heterocycles. The topological polar surface area (TPSA) is 140 Å². The number of nitrogens with one attached hydrogen (secondary N) is 1. The van der Waals surface area contributed by atoms with Crippen LogP contribution in [0, 0.1) is 5.82 Å². The highest BCUT2D eigenvalue weighted by Crippen LogP contribution is 2.38. The van der Waals surface area contributed by atoms with Crippen LogP contribution in [0.2, 0.25) is 5.02 Å². The van der Waals surface area contributed by atoms with Crippen LogP contribution in [0.3, 0.4) is 0 Å². The van der Waals surface area contributed by atoms with Gasteiger partial charge in [-0.25, -0.2) is 29.1 Å². The molecule has 3 heterocycles. The third kappa shape index (κ3) is 5.60. The van der Waals surface area contributed by atoms with Crippen LogP contribution in [-0.2, 0) is 0 Å². The summed E-state index contributed by atoms with van der Waals surface area (Å²) in [5, 5.41) is 13.4. The van der Waals surface area contributed by atoms with E-state index in [0.717, 1.165) is 4.90 Å². The Kier molecular flexibility index (Phi) is 8.05. The molecule has 2 amide bonds. The van der Waals surface area contributed by atoms with Crippen molar-refractivity contribution in [1.82, 2.24) is 25.3 Å². The fourth-order valence-electron chi connectivity index (χ4n) is 4.29. The molecule has 2 atom stereocenters. The number of ether oxygens (including phenoxy) is 2. The molecule has 42 heavy (non-hydrogen) atoms. The van der Waals surface area contributed by atoms with Gasteiger partial charge in [0.2, 0.25) is 5.88 Å². The largest absolute Gasteiger partial charge is 0.485 e. The quantitative estimate of drug-likeness (QED) is 0.223. The normalized spacial score (nSPS) is 12.6. The highest BCUT2D eigenvalue weighted by Gasteiger charge is 2.29. The summed E-state index contributed by atoms with van der Waals surface area (Å²) >= 11 is 7.64. The maximum atomic E-state index is 15.2. The molecule has 2 aromatic carbocycles. The number of carboxylic acid groups (broad SMARTS) is 1. The summed E-state index contributed by atoms with van der Waals surface area (Å²) in [6.45, 7) is 3.27. The fraction of sp³-hybridized carbons (Fsp3) is 0.214. The van der Waals surface area contributed by atoms with E-state index in [0.29, 0.717) is 42.7 Å². The minimum atomic E-state index is -1.26. The Balaban J connectivity index is 1.43. The number of pyridine rings is 1. The Morgan fingerprint density at radius 1 is 1.10 bits per heavy atom. The van der Waals surface area contributed by atoms with E-state index < -0.39 is 30.0 Å². The first-order valence-corrected chi connectivity index (χ1v) is 13.8. The highest BCUT2D eigenvalue weighted by molar-refractivity contribution is 7.21. The van der Waals surface area contributed by atoms with Gasteiger partial charge in [-0.05, 0) is 38.1 Å². The summed E-state index contributed by atoms with van der Waals surface area (Å²) in [4.78, 5) is 42.5. The molecule has 14 heteroatoms. The number of carbonyl (C=O) groups excluding carboxylic acids is 1. The van der Waals surface area contributed by atoms with E-state index in [1.165, 1.54) is 62.2 Å². The van der Waals surface area contributed by atoms with Gasteiger partial charge in [-0.15, -0.1) is 11.3 Å². The number of anilines is 1. The first-order chi connectivity index (χ1) is 20.1. The molecular weight excluding hydrogens is 587 g/mol. The molecule has 11 nitrogen and oxygen atoms in total. The summed E-state index contributed by atoms with van der Waals surface area (Å²) < 4.78 is 26.9. The molecule has 0 spiro atoms. The molecule has 0 aliphatic carbocycles. The van der Waals surface area contributed by atoms with Crippen LogP contribution in [0.4, 0.5) is 14.9 Å². The first-order valence-electron chi connectivity index (χ1n) is 12.6. The van der Waals surface area contributed by atoms with Gasteiger partial charge in [-0.2, -0.15) is 0 Å². The lowest BCUT2D eigenvalue weighted by molar-refractivity contribution is 0.0958. The fourth-order valence-corrected chi connectivity index (χ4v) is 5.49. The van der Waals surface area contributed by atoms with Crippen LogP contribution in [0.1, 0.15) is 24.3 Å². The van der Waals surface area contributed by atoms with E-state index >= 15 is 4.39 Å². The Bertz CT molecular complexity index is 1820. The standard InChI is InChI=1S/C28H24ClFN6O5S/c1-13(36(28(38)39)16-5-6-19(32-11-16)26(37)31-3)14(2)41-22-10-23-20(9-18(22)30)35-27(42-23)17-7-15(29)8-21-25(17)33-12-24(34-21)40-4/h5-14H,1-4H3,(H,31,37)(H,38,39).